The van der Waals surface area contributed by atoms with E-state index < -0.39 is 11.6 Å². The molecule has 1 fully saturated rings. The van der Waals surface area contributed by atoms with Crippen LogP contribution >= 0.6 is 0 Å². The fraction of sp³-hybridized carbons (Fsp3) is 0.267. The van der Waals surface area contributed by atoms with Crippen molar-refractivity contribution in [3.63, 3.8) is 0 Å². The molecular weight excluding hydrogens is 436 g/mol. The number of fused-ring (bicyclic) bond motifs is 4. The number of para-hydroxylation sites is 1. The standard InChI is InChI=1S/C30H30N2O3/c1-3-18-32-29(34)27(25-19-30(32,2)35-26-17-11-10-16-24(25)26)28(33)31(20-22-12-6-4-7-13-22)21-23-14-8-5-9-15-23/h3-17,25,27H,1,18-21H2,2H3/t25-,27-,30+/m0/s1. The molecule has 5 nitrogen and oxygen atoms in total. The van der Waals surface area contributed by atoms with Gasteiger partial charge < -0.3 is 14.5 Å². The summed E-state index contributed by atoms with van der Waals surface area (Å²) in [6.45, 7) is 6.97. The first-order valence-corrected chi connectivity index (χ1v) is 12.1. The van der Waals surface area contributed by atoms with Gasteiger partial charge in [0.25, 0.3) is 0 Å². The molecule has 1 saturated heterocycles. The van der Waals surface area contributed by atoms with Crippen molar-refractivity contribution in [3.8, 4) is 5.75 Å². The first-order valence-electron chi connectivity index (χ1n) is 12.1. The van der Waals surface area contributed by atoms with Crippen LogP contribution in [0.3, 0.4) is 0 Å². The molecule has 0 spiro atoms. The fourth-order valence-corrected chi connectivity index (χ4v) is 5.42. The van der Waals surface area contributed by atoms with Crippen molar-refractivity contribution in [1.82, 2.24) is 9.80 Å². The van der Waals surface area contributed by atoms with Crippen LogP contribution in [0.15, 0.2) is 97.6 Å². The van der Waals surface area contributed by atoms with Crippen LogP contribution < -0.4 is 4.74 Å². The monoisotopic (exact) mass is 466 g/mol. The number of carbonyl (C=O) groups is 2. The SMILES string of the molecule is C=CCN1C(=O)[C@H](C(=O)N(Cc2ccccc2)Cc2ccccc2)[C@H]2C[C@@]1(C)Oc1ccccc12. The highest BCUT2D eigenvalue weighted by Crippen LogP contribution is 2.50. The van der Waals surface area contributed by atoms with E-state index in [1.807, 2.05) is 96.8 Å². The summed E-state index contributed by atoms with van der Waals surface area (Å²) in [6, 6.07) is 27.6. The highest BCUT2D eigenvalue weighted by Gasteiger charge is 2.56. The number of nitrogens with zero attached hydrogens (tertiary/aromatic N) is 2. The molecule has 0 radical (unpaired) electrons. The number of piperidine rings is 1. The lowest BCUT2D eigenvalue weighted by Crippen LogP contribution is -2.64. The molecule has 0 unspecified atom stereocenters. The van der Waals surface area contributed by atoms with Crippen LogP contribution in [-0.4, -0.2) is 33.9 Å². The van der Waals surface area contributed by atoms with Crippen molar-refractivity contribution in [1.29, 1.82) is 0 Å². The highest BCUT2D eigenvalue weighted by molar-refractivity contribution is 6.02. The van der Waals surface area contributed by atoms with Gasteiger partial charge in [-0.25, -0.2) is 0 Å². The van der Waals surface area contributed by atoms with E-state index in [-0.39, 0.29) is 17.7 Å². The first kappa shape index (κ1) is 22.9. The number of amides is 2. The summed E-state index contributed by atoms with van der Waals surface area (Å²) in [5.74, 6) is -0.682. The predicted octanol–water partition coefficient (Wildman–Crippen LogP) is 5.14. The van der Waals surface area contributed by atoms with E-state index in [1.165, 1.54) is 0 Å². The van der Waals surface area contributed by atoms with Crippen molar-refractivity contribution in [2.45, 2.75) is 38.1 Å². The molecule has 5 heteroatoms. The second kappa shape index (κ2) is 9.41. The third-order valence-corrected chi connectivity index (χ3v) is 7.07. The normalized spacial score (nSPS) is 22.7. The van der Waals surface area contributed by atoms with Crippen molar-refractivity contribution in [2.24, 2.45) is 5.92 Å². The highest BCUT2D eigenvalue weighted by atomic mass is 16.5. The maximum absolute atomic E-state index is 14.3. The molecule has 2 bridgehead atoms. The van der Waals surface area contributed by atoms with E-state index in [9.17, 15) is 9.59 Å². The van der Waals surface area contributed by atoms with Crippen molar-refractivity contribution >= 4 is 11.8 Å². The lowest BCUT2D eigenvalue weighted by Gasteiger charge is -2.53. The van der Waals surface area contributed by atoms with E-state index in [2.05, 4.69) is 6.58 Å². The van der Waals surface area contributed by atoms with Gasteiger partial charge in [-0.3, -0.25) is 9.59 Å². The number of rotatable bonds is 7. The lowest BCUT2D eigenvalue weighted by molar-refractivity contribution is -0.177. The molecule has 2 aliphatic heterocycles. The van der Waals surface area contributed by atoms with Gasteiger partial charge in [0, 0.05) is 32.0 Å². The van der Waals surface area contributed by atoms with Gasteiger partial charge in [-0.1, -0.05) is 84.9 Å². The summed E-state index contributed by atoms with van der Waals surface area (Å²) < 4.78 is 6.34. The Kier molecular flexibility index (Phi) is 6.16. The maximum atomic E-state index is 14.3. The van der Waals surface area contributed by atoms with Crippen LogP contribution in [0.25, 0.3) is 0 Å². The second-order valence-corrected chi connectivity index (χ2v) is 9.51. The Bertz CT molecular complexity index is 1190. The Labute approximate surface area is 206 Å². The molecule has 0 N–H and O–H groups in total. The van der Waals surface area contributed by atoms with Gasteiger partial charge in [-0.15, -0.1) is 6.58 Å². The Morgan fingerprint density at radius 3 is 2.17 bits per heavy atom. The lowest BCUT2D eigenvalue weighted by atomic mass is 9.73. The van der Waals surface area contributed by atoms with Gasteiger partial charge >= 0.3 is 0 Å². The summed E-state index contributed by atoms with van der Waals surface area (Å²) in [5, 5.41) is 0. The maximum Gasteiger partial charge on any atom is 0.239 e. The molecule has 2 amide bonds. The Morgan fingerprint density at radius 2 is 1.57 bits per heavy atom. The summed E-state index contributed by atoms with van der Waals surface area (Å²) in [7, 11) is 0. The molecule has 3 aromatic rings. The van der Waals surface area contributed by atoms with Crippen LogP contribution in [0.4, 0.5) is 0 Å². The number of hydrogen-bond acceptors (Lipinski definition) is 3. The average molecular weight is 467 g/mol. The minimum atomic E-state index is -0.819. The zero-order chi connectivity index (χ0) is 24.4. The molecule has 0 aliphatic carbocycles. The third kappa shape index (κ3) is 4.34. The van der Waals surface area contributed by atoms with Gasteiger partial charge in [-0.05, 0) is 29.7 Å². The zero-order valence-corrected chi connectivity index (χ0v) is 20.0. The van der Waals surface area contributed by atoms with Crippen LogP contribution in [0.1, 0.15) is 36.0 Å². The first-order chi connectivity index (χ1) is 17.0. The molecule has 2 heterocycles. The minimum absolute atomic E-state index is 0.152. The van der Waals surface area contributed by atoms with Crippen molar-refractivity contribution in [2.75, 3.05) is 6.54 Å². The quantitative estimate of drug-likeness (QED) is 0.358. The van der Waals surface area contributed by atoms with E-state index in [4.69, 9.17) is 4.74 Å². The van der Waals surface area contributed by atoms with Gasteiger partial charge in [0.2, 0.25) is 11.8 Å². The minimum Gasteiger partial charge on any atom is -0.468 e. The zero-order valence-electron chi connectivity index (χ0n) is 20.0. The summed E-state index contributed by atoms with van der Waals surface area (Å²) in [5.41, 5.74) is 2.17. The van der Waals surface area contributed by atoms with Crippen LogP contribution in [0.5, 0.6) is 5.75 Å². The van der Waals surface area contributed by atoms with Gasteiger partial charge in [0.15, 0.2) is 5.72 Å². The molecule has 5 rings (SSSR count). The second-order valence-electron chi connectivity index (χ2n) is 9.51. The smallest absolute Gasteiger partial charge is 0.239 e. The third-order valence-electron chi connectivity index (χ3n) is 7.07. The molecule has 0 saturated carbocycles. The molecule has 35 heavy (non-hydrogen) atoms. The molecular formula is C30H30N2O3. The molecule has 178 valence electrons. The van der Waals surface area contributed by atoms with E-state index >= 15 is 0 Å². The van der Waals surface area contributed by atoms with Gasteiger partial charge in [0.05, 0.1) is 0 Å². The van der Waals surface area contributed by atoms with E-state index in [0.717, 1.165) is 22.4 Å². The topological polar surface area (TPSA) is 49.9 Å². The van der Waals surface area contributed by atoms with Crippen LogP contribution in [0.2, 0.25) is 0 Å². The number of carbonyl (C=O) groups excluding carboxylic acids is 2. The predicted molar refractivity (Wildman–Crippen MR) is 135 cm³/mol. The van der Waals surface area contributed by atoms with Crippen molar-refractivity contribution in [3.05, 3.63) is 114 Å². The van der Waals surface area contributed by atoms with Gasteiger partial charge in [-0.2, -0.15) is 0 Å². The summed E-state index contributed by atoms with van der Waals surface area (Å²) in [6.07, 6.45) is 2.26. The van der Waals surface area contributed by atoms with Crippen LogP contribution in [0, 0.1) is 5.92 Å². The molecule has 3 atom stereocenters. The molecule has 0 aromatic heterocycles. The number of benzene rings is 3. The Morgan fingerprint density at radius 1 is 1.00 bits per heavy atom. The van der Waals surface area contributed by atoms with E-state index in [0.29, 0.717) is 26.1 Å². The summed E-state index contributed by atoms with van der Waals surface area (Å²) in [4.78, 5) is 31.7. The molecule has 2 aliphatic rings. The van der Waals surface area contributed by atoms with E-state index in [1.54, 1.807) is 11.0 Å². The number of ether oxygens (including phenoxy) is 1. The van der Waals surface area contributed by atoms with Crippen LogP contribution in [-0.2, 0) is 22.7 Å². The number of hydrogen-bond donors (Lipinski definition) is 0. The van der Waals surface area contributed by atoms with Crippen molar-refractivity contribution < 1.29 is 14.3 Å². The molecule has 3 aromatic carbocycles. The fourth-order valence-electron chi connectivity index (χ4n) is 5.42. The average Bonchev–Trinajstić information content (AvgIpc) is 2.87. The Hall–Kier alpha value is -3.86. The summed E-state index contributed by atoms with van der Waals surface area (Å²) >= 11 is 0. The van der Waals surface area contributed by atoms with Gasteiger partial charge in [0.1, 0.15) is 11.7 Å². The Balaban J connectivity index is 1.55. The largest absolute Gasteiger partial charge is 0.468 e. The number of likely N-dealkylation sites (tertiary alicyclic amines) is 1.